The smallest absolute Gasteiger partial charge is 0.236 e. The number of nitrogens with zero attached hydrogens (tertiary/aromatic N) is 1. The number of carbonyl (C=O) groups is 1. The summed E-state index contributed by atoms with van der Waals surface area (Å²) in [5.41, 5.74) is 5.87. The number of primary amides is 1. The van der Waals surface area contributed by atoms with Gasteiger partial charge in [-0.3, -0.25) is 4.79 Å². The van der Waals surface area contributed by atoms with E-state index in [0.717, 1.165) is 0 Å². The summed E-state index contributed by atoms with van der Waals surface area (Å²) in [6, 6.07) is 3.44. The molecule has 1 rings (SSSR count). The van der Waals surface area contributed by atoms with Gasteiger partial charge in [0.05, 0.1) is 33.6 Å². The van der Waals surface area contributed by atoms with Crippen LogP contribution in [0.1, 0.15) is 0 Å². The van der Waals surface area contributed by atoms with E-state index in [1.165, 1.54) is 0 Å². The molecule has 0 heterocycles. The van der Waals surface area contributed by atoms with Crippen LogP contribution in [0.2, 0.25) is 0 Å². The van der Waals surface area contributed by atoms with E-state index in [1.54, 1.807) is 45.4 Å². The molecule has 1 aromatic carbocycles. The van der Waals surface area contributed by atoms with Gasteiger partial charge >= 0.3 is 0 Å². The van der Waals surface area contributed by atoms with Crippen molar-refractivity contribution in [3.8, 4) is 17.2 Å². The maximum absolute atomic E-state index is 10.9. The van der Waals surface area contributed by atoms with Gasteiger partial charge in [-0.2, -0.15) is 0 Å². The number of rotatable bonds is 6. The van der Waals surface area contributed by atoms with Crippen molar-refractivity contribution in [2.45, 2.75) is 0 Å². The Hall–Kier alpha value is -2.11. The lowest BCUT2D eigenvalue weighted by atomic mass is 10.2. The summed E-state index contributed by atoms with van der Waals surface area (Å²) >= 11 is 0. The Morgan fingerprint density at radius 1 is 1.11 bits per heavy atom. The van der Waals surface area contributed by atoms with E-state index in [-0.39, 0.29) is 6.54 Å². The minimum atomic E-state index is -0.422. The summed E-state index contributed by atoms with van der Waals surface area (Å²) < 4.78 is 15.6. The Morgan fingerprint density at radius 2 is 1.61 bits per heavy atom. The molecule has 0 saturated heterocycles. The Balaban J connectivity index is 3.20. The van der Waals surface area contributed by atoms with Crippen molar-refractivity contribution in [2.24, 2.45) is 5.73 Å². The minimum Gasteiger partial charge on any atom is -0.494 e. The number of benzene rings is 1. The summed E-state index contributed by atoms with van der Waals surface area (Å²) in [6.07, 6.45) is 0. The molecule has 18 heavy (non-hydrogen) atoms. The molecule has 0 spiro atoms. The van der Waals surface area contributed by atoms with Gasteiger partial charge in [-0.05, 0) is 0 Å². The fourth-order valence-electron chi connectivity index (χ4n) is 1.63. The fraction of sp³-hybridized carbons (Fsp3) is 0.417. The van der Waals surface area contributed by atoms with Gasteiger partial charge in [0.25, 0.3) is 0 Å². The van der Waals surface area contributed by atoms with E-state index in [0.29, 0.717) is 22.9 Å². The summed E-state index contributed by atoms with van der Waals surface area (Å²) in [5.74, 6) is 1.28. The predicted octanol–water partition coefficient (Wildman–Crippen LogP) is 0.634. The summed E-state index contributed by atoms with van der Waals surface area (Å²) in [4.78, 5) is 12.6. The molecule has 1 aromatic rings. The molecule has 6 nitrogen and oxygen atoms in total. The first-order valence-corrected chi connectivity index (χ1v) is 5.33. The number of ether oxygens (including phenoxy) is 3. The van der Waals surface area contributed by atoms with E-state index in [4.69, 9.17) is 19.9 Å². The van der Waals surface area contributed by atoms with E-state index in [1.807, 2.05) is 0 Å². The van der Waals surface area contributed by atoms with Gasteiger partial charge < -0.3 is 24.8 Å². The van der Waals surface area contributed by atoms with Crippen LogP contribution in [0.4, 0.5) is 5.69 Å². The first kappa shape index (κ1) is 14.0. The fourth-order valence-corrected chi connectivity index (χ4v) is 1.63. The van der Waals surface area contributed by atoms with Crippen LogP contribution in [0.5, 0.6) is 17.2 Å². The number of nitrogens with two attached hydrogens (primary N) is 1. The molecule has 0 aliphatic heterocycles. The molecule has 0 aromatic heterocycles. The molecule has 0 unspecified atom stereocenters. The van der Waals surface area contributed by atoms with Crippen LogP contribution in [-0.2, 0) is 4.79 Å². The molecular formula is C12H18N2O4. The van der Waals surface area contributed by atoms with Crippen molar-refractivity contribution in [1.82, 2.24) is 0 Å². The van der Waals surface area contributed by atoms with Crippen LogP contribution in [0.3, 0.4) is 0 Å². The molecule has 0 radical (unpaired) electrons. The zero-order valence-electron chi connectivity index (χ0n) is 11.0. The molecule has 0 saturated carbocycles. The highest BCUT2D eigenvalue weighted by molar-refractivity contribution is 5.80. The maximum Gasteiger partial charge on any atom is 0.236 e. The summed E-state index contributed by atoms with van der Waals surface area (Å²) in [6.45, 7) is 0.0891. The molecule has 0 bridgehead atoms. The summed E-state index contributed by atoms with van der Waals surface area (Å²) in [5, 5.41) is 0. The van der Waals surface area contributed by atoms with Gasteiger partial charge in [-0.25, -0.2) is 0 Å². The largest absolute Gasteiger partial charge is 0.494 e. The molecule has 0 fully saturated rings. The Morgan fingerprint density at radius 3 is 2.06 bits per heavy atom. The van der Waals surface area contributed by atoms with E-state index < -0.39 is 5.91 Å². The summed E-state index contributed by atoms with van der Waals surface area (Å²) in [7, 11) is 6.38. The van der Waals surface area contributed by atoms with Crippen molar-refractivity contribution in [2.75, 3.05) is 39.8 Å². The molecule has 2 N–H and O–H groups in total. The molecule has 0 aliphatic rings. The second-order valence-electron chi connectivity index (χ2n) is 3.70. The first-order valence-electron chi connectivity index (χ1n) is 5.33. The number of amides is 1. The van der Waals surface area contributed by atoms with Crippen LogP contribution in [0, 0.1) is 0 Å². The molecule has 100 valence electrons. The Labute approximate surface area is 106 Å². The van der Waals surface area contributed by atoms with Crippen molar-refractivity contribution in [3.63, 3.8) is 0 Å². The highest BCUT2D eigenvalue weighted by Crippen LogP contribution is 2.39. The second-order valence-corrected chi connectivity index (χ2v) is 3.70. The second kappa shape index (κ2) is 6.00. The van der Waals surface area contributed by atoms with E-state index in [9.17, 15) is 4.79 Å². The van der Waals surface area contributed by atoms with Gasteiger partial charge in [-0.1, -0.05) is 0 Å². The zero-order valence-corrected chi connectivity index (χ0v) is 11.0. The van der Waals surface area contributed by atoms with Gasteiger partial charge in [0.2, 0.25) is 5.91 Å². The minimum absolute atomic E-state index is 0.0891. The first-order chi connectivity index (χ1) is 8.53. The predicted molar refractivity (Wildman–Crippen MR) is 68.6 cm³/mol. The monoisotopic (exact) mass is 254 g/mol. The topological polar surface area (TPSA) is 74.0 Å². The highest BCUT2D eigenvalue weighted by Gasteiger charge is 2.15. The van der Waals surface area contributed by atoms with Gasteiger partial charge in [0.15, 0.2) is 11.5 Å². The van der Waals surface area contributed by atoms with Crippen LogP contribution in [0.15, 0.2) is 12.1 Å². The van der Waals surface area contributed by atoms with Crippen LogP contribution < -0.4 is 24.8 Å². The standard InChI is InChI=1S/C12H18N2O4/c1-14(7-12(13)15)8-5-10(17-3)11(18-4)6-9(8)16-2/h5-6H,7H2,1-4H3,(H2,13,15). The van der Waals surface area contributed by atoms with Crippen molar-refractivity contribution in [1.29, 1.82) is 0 Å². The lowest BCUT2D eigenvalue weighted by Gasteiger charge is -2.22. The molecule has 0 atom stereocenters. The number of methoxy groups -OCH3 is 3. The number of hydrogen-bond donors (Lipinski definition) is 1. The molecule has 6 heteroatoms. The van der Waals surface area contributed by atoms with E-state index >= 15 is 0 Å². The highest BCUT2D eigenvalue weighted by atomic mass is 16.5. The molecule has 1 amide bonds. The number of anilines is 1. The Bertz CT molecular complexity index is 434. The third-order valence-corrected chi connectivity index (χ3v) is 2.49. The van der Waals surface area contributed by atoms with Crippen LogP contribution in [-0.4, -0.2) is 40.8 Å². The number of likely N-dealkylation sites (N-methyl/N-ethyl adjacent to an activating group) is 1. The van der Waals surface area contributed by atoms with Gasteiger partial charge in [0, 0.05) is 19.2 Å². The van der Waals surface area contributed by atoms with Crippen molar-refractivity contribution in [3.05, 3.63) is 12.1 Å². The van der Waals surface area contributed by atoms with Crippen LogP contribution >= 0.6 is 0 Å². The third kappa shape index (κ3) is 2.97. The normalized spacial score (nSPS) is 9.78. The van der Waals surface area contributed by atoms with Crippen LogP contribution in [0.25, 0.3) is 0 Å². The number of carbonyl (C=O) groups excluding carboxylic acids is 1. The molecular weight excluding hydrogens is 236 g/mol. The Kier molecular flexibility index (Phi) is 4.65. The third-order valence-electron chi connectivity index (χ3n) is 2.49. The average molecular weight is 254 g/mol. The lowest BCUT2D eigenvalue weighted by molar-refractivity contribution is -0.116. The van der Waals surface area contributed by atoms with E-state index in [2.05, 4.69) is 0 Å². The van der Waals surface area contributed by atoms with Crippen molar-refractivity contribution >= 4 is 11.6 Å². The zero-order chi connectivity index (χ0) is 13.7. The number of hydrogen-bond acceptors (Lipinski definition) is 5. The molecule has 0 aliphatic carbocycles. The van der Waals surface area contributed by atoms with Crippen molar-refractivity contribution < 1.29 is 19.0 Å². The quantitative estimate of drug-likeness (QED) is 0.806. The average Bonchev–Trinajstić information content (AvgIpc) is 2.36. The lowest BCUT2D eigenvalue weighted by Crippen LogP contribution is -2.30. The van der Waals surface area contributed by atoms with Gasteiger partial charge in [0.1, 0.15) is 5.75 Å². The SMILES string of the molecule is COc1cc(OC)c(N(C)CC(N)=O)cc1OC. The van der Waals surface area contributed by atoms with Gasteiger partial charge in [-0.15, -0.1) is 0 Å². The maximum atomic E-state index is 10.9.